The summed E-state index contributed by atoms with van der Waals surface area (Å²) in [5.74, 6) is 7.39. The van der Waals surface area contributed by atoms with E-state index < -0.39 is 5.79 Å². The van der Waals surface area contributed by atoms with Crippen molar-refractivity contribution < 1.29 is 9.47 Å². The monoisotopic (exact) mass is 222 g/mol. The molecule has 0 N–H and O–H groups in total. The second-order valence-electron chi connectivity index (χ2n) is 3.70. The molecule has 0 saturated carbocycles. The quantitative estimate of drug-likeness (QED) is 0.374. The van der Waals surface area contributed by atoms with Gasteiger partial charge in [-0.1, -0.05) is 26.2 Å². The molecule has 0 radical (unpaired) electrons. The van der Waals surface area contributed by atoms with Gasteiger partial charge in [0.1, 0.15) is 6.10 Å². The normalized spacial score (nSPS) is 15.4. The van der Waals surface area contributed by atoms with Crippen LogP contribution in [0.15, 0.2) is 0 Å². The standard InChI is InChI=1S/C14H22O2/c1-6-10-12-15-14(5,9-4)16-13(8-3)11-7-2/h4,13H,6,8,10,12H2,1-3,5H3. The molecule has 0 aromatic heterocycles. The molecule has 2 unspecified atom stereocenters. The maximum atomic E-state index is 5.69. The number of unbranched alkanes of at least 4 members (excludes halogenated alkanes) is 1. The fourth-order valence-electron chi connectivity index (χ4n) is 1.17. The van der Waals surface area contributed by atoms with E-state index in [0.29, 0.717) is 6.61 Å². The molecular formula is C14H22O2. The minimum atomic E-state index is -0.959. The number of rotatable bonds is 7. The average molecular weight is 222 g/mol. The highest BCUT2D eigenvalue weighted by Gasteiger charge is 2.25. The fraction of sp³-hybridized carbons (Fsp3) is 0.714. The Morgan fingerprint density at radius 3 is 2.50 bits per heavy atom. The molecular weight excluding hydrogens is 200 g/mol. The highest BCUT2D eigenvalue weighted by atomic mass is 16.7. The summed E-state index contributed by atoms with van der Waals surface area (Å²) in [6.07, 6.45) is 8.14. The third-order valence-electron chi connectivity index (χ3n) is 2.18. The number of ether oxygens (including phenoxy) is 2. The van der Waals surface area contributed by atoms with E-state index in [9.17, 15) is 0 Å². The molecule has 0 rings (SSSR count). The lowest BCUT2D eigenvalue weighted by Gasteiger charge is -2.27. The molecule has 0 aromatic rings. The molecule has 0 aliphatic heterocycles. The third kappa shape index (κ3) is 5.81. The van der Waals surface area contributed by atoms with E-state index in [-0.39, 0.29) is 6.10 Å². The van der Waals surface area contributed by atoms with Crippen molar-refractivity contribution in [3.05, 3.63) is 0 Å². The molecule has 16 heavy (non-hydrogen) atoms. The number of hydrogen-bond acceptors (Lipinski definition) is 2. The van der Waals surface area contributed by atoms with Gasteiger partial charge >= 0.3 is 0 Å². The van der Waals surface area contributed by atoms with Crippen LogP contribution in [-0.4, -0.2) is 18.5 Å². The SMILES string of the molecule is C#CC(C)(OCCCC)OC(C#CC)CC. The molecule has 0 fully saturated rings. The predicted octanol–water partition coefficient (Wildman–Crippen LogP) is 2.97. The first-order valence-corrected chi connectivity index (χ1v) is 5.83. The van der Waals surface area contributed by atoms with Crippen molar-refractivity contribution in [3.63, 3.8) is 0 Å². The Bertz CT molecular complexity index is 279. The summed E-state index contributed by atoms with van der Waals surface area (Å²) in [5, 5.41) is 0. The van der Waals surface area contributed by atoms with Gasteiger partial charge in [0.05, 0.1) is 6.61 Å². The maximum Gasteiger partial charge on any atom is 0.231 e. The Hall–Kier alpha value is -0.960. The molecule has 0 spiro atoms. The minimum absolute atomic E-state index is 0.160. The maximum absolute atomic E-state index is 5.69. The van der Waals surface area contributed by atoms with Crippen molar-refractivity contribution in [2.45, 2.75) is 58.8 Å². The highest BCUT2D eigenvalue weighted by molar-refractivity contribution is 5.06. The molecule has 2 heteroatoms. The summed E-state index contributed by atoms with van der Waals surface area (Å²) < 4.78 is 11.3. The van der Waals surface area contributed by atoms with Crippen LogP contribution < -0.4 is 0 Å². The van der Waals surface area contributed by atoms with Crippen LogP contribution in [0, 0.1) is 24.2 Å². The van der Waals surface area contributed by atoms with Crippen molar-refractivity contribution in [1.29, 1.82) is 0 Å². The lowest BCUT2D eigenvalue weighted by molar-refractivity contribution is -0.200. The van der Waals surface area contributed by atoms with Gasteiger partial charge < -0.3 is 9.47 Å². The van der Waals surface area contributed by atoms with E-state index in [0.717, 1.165) is 19.3 Å². The van der Waals surface area contributed by atoms with Crippen LogP contribution in [0.25, 0.3) is 0 Å². The van der Waals surface area contributed by atoms with Crippen molar-refractivity contribution >= 4 is 0 Å². The van der Waals surface area contributed by atoms with Gasteiger partial charge in [-0.3, -0.25) is 0 Å². The van der Waals surface area contributed by atoms with Crippen LogP contribution >= 0.6 is 0 Å². The van der Waals surface area contributed by atoms with E-state index >= 15 is 0 Å². The largest absolute Gasteiger partial charge is 0.340 e. The Kier molecular flexibility index (Phi) is 7.73. The third-order valence-corrected chi connectivity index (χ3v) is 2.18. The van der Waals surface area contributed by atoms with E-state index in [2.05, 4.69) is 24.7 Å². The molecule has 0 aromatic carbocycles. The van der Waals surface area contributed by atoms with Crippen LogP contribution in [0.1, 0.15) is 47.0 Å². The summed E-state index contributed by atoms with van der Waals surface area (Å²) in [6, 6.07) is 0. The molecule has 2 nitrogen and oxygen atoms in total. The van der Waals surface area contributed by atoms with Gasteiger partial charge in [-0.25, -0.2) is 0 Å². The van der Waals surface area contributed by atoms with Crippen molar-refractivity contribution in [1.82, 2.24) is 0 Å². The van der Waals surface area contributed by atoms with E-state index in [1.165, 1.54) is 0 Å². The number of hydrogen-bond donors (Lipinski definition) is 0. The van der Waals surface area contributed by atoms with Gasteiger partial charge in [0.15, 0.2) is 0 Å². The first kappa shape index (κ1) is 15.0. The summed E-state index contributed by atoms with van der Waals surface area (Å²) in [7, 11) is 0. The van der Waals surface area contributed by atoms with Gasteiger partial charge in [-0.2, -0.15) is 0 Å². The zero-order valence-electron chi connectivity index (χ0n) is 10.8. The first-order chi connectivity index (χ1) is 7.61. The molecule has 0 heterocycles. The highest BCUT2D eigenvalue weighted by Crippen LogP contribution is 2.16. The fourth-order valence-corrected chi connectivity index (χ4v) is 1.17. The molecule has 90 valence electrons. The van der Waals surface area contributed by atoms with Crippen LogP contribution in [0.4, 0.5) is 0 Å². The predicted molar refractivity (Wildman–Crippen MR) is 66.7 cm³/mol. The van der Waals surface area contributed by atoms with E-state index in [4.69, 9.17) is 15.9 Å². The summed E-state index contributed by atoms with van der Waals surface area (Å²) >= 11 is 0. The summed E-state index contributed by atoms with van der Waals surface area (Å²) in [6.45, 7) is 8.29. The second-order valence-corrected chi connectivity index (χ2v) is 3.70. The lowest BCUT2D eigenvalue weighted by Crippen LogP contribution is -2.35. The minimum Gasteiger partial charge on any atom is -0.340 e. The Morgan fingerprint density at radius 1 is 1.38 bits per heavy atom. The Balaban J connectivity index is 4.32. The molecule has 0 aliphatic rings. The van der Waals surface area contributed by atoms with Crippen LogP contribution in [0.5, 0.6) is 0 Å². The van der Waals surface area contributed by atoms with Crippen molar-refractivity contribution in [2.24, 2.45) is 0 Å². The lowest BCUT2D eigenvalue weighted by atomic mass is 10.2. The van der Waals surface area contributed by atoms with Gasteiger partial charge in [-0.05, 0) is 25.7 Å². The molecule has 0 saturated heterocycles. The number of terminal acetylenes is 1. The molecule has 0 aliphatic carbocycles. The van der Waals surface area contributed by atoms with Crippen molar-refractivity contribution in [3.8, 4) is 24.2 Å². The van der Waals surface area contributed by atoms with E-state index in [1.54, 1.807) is 13.8 Å². The van der Waals surface area contributed by atoms with Crippen LogP contribution in [0.2, 0.25) is 0 Å². The topological polar surface area (TPSA) is 18.5 Å². The Labute approximate surface area is 99.7 Å². The second kappa shape index (κ2) is 8.22. The van der Waals surface area contributed by atoms with Gasteiger partial charge in [0.25, 0.3) is 0 Å². The van der Waals surface area contributed by atoms with Crippen molar-refractivity contribution in [2.75, 3.05) is 6.61 Å². The smallest absolute Gasteiger partial charge is 0.231 e. The van der Waals surface area contributed by atoms with E-state index in [1.807, 2.05) is 6.92 Å². The summed E-state index contributed by atoms with van der Waals surface area (Å²) in [4.78, 5) is 0. The van der Waals surface area contributed by atoms with Crippen LogP contribution in [-0.2, 0) is 9.47 Å². The average Bonchev–Trinajstić information content (AvgIpc) is 2.29. The molecule has 2 atom stereocenters. The van der Waals surface area contributed by atoms with Gasteiger partial charge in [0.2, 0.25) is 5.79 Å². The van der Waals surface area contributed by atoms with Crippen LogP contribution in [0.3, 0.4) is 0 Å². The molecule has 0 amide bonds. The zero-order chi connectivity index (χ0) is 12.4. The summed E-state index contributed by atoms with van der Waals surface area (Å²) in [5.41, 5.74) is 0. The zero-order valence-corrected chi connectivity index (χ0v) is 10.8. The molecule has 0 bridgehead atoms. The Morgan fingerprint density at radius 2 is 2.06 bits per heavy atom. The van der Waals surface area contributed by atoms with Gasteiger partial charge in [-0.15, -0.1) is 12.3 Å². The first-order valence-electron chi connectivity index (χ1n) is 5.83. The van der Waals surface area contributed by atoms with Gasteiger partial charge in [0, 0.05) is 6.92 Å².